The first-order valence-electron chi connectivity index (χ1n) is 13.0. The number of nitrogens with zero attached hydrogens (tertiary/aromatic N) is 1. The fourth-order valence-corrected chi connectivity index (χ4v) is 4.83. The molecule has 35 heavy (non-hydrogen) atoms. The number of hydrogen-bond donors (Lipinski definition) is 0. The third-order valence-corrected chi connectivity index (χ3v) is 7.00. The lowest BCUT2D eigenvalue weighted by Gasteiger charge is -2.34. The number of piperidine rings is 1. The van der Waals surface area contributed by atoms with Crippen LogP contribution in [0.3, 0.4) is 0 Å². The second-order valence-electron chi connectivity index (χ2n) is 10.7. The van der Waals surface area contributed by atoms with E-state index < -0.39 is 0 Å². The molecule has 1 aliphatic rings. The van der Waals surface area contributed by atoms with Crippen molar-refractivity contribution in [1.29, 1.82) is 0 Å². The lowest BCUT2D eigenvalue weighted by Crippen LogP contribution is -2.38. The van der Waals surface area contributed by atoms with Crippen molar-refractivity contribution in [2.24, 2.45) is 0 Å². The van der Waals surface area contributed by atoms with Crippen molar-refractivity contribution in [3.63, 3.8) is 0 Å². The van der Waals surface area contributed by atoms with Gasteiger partial charge in [0.2, 0.25) is 0 Å². The van der Waals surface area contributed by atoms with Gasteiger partial charge >= 0.3 is 0 Å². The topological polar surface area (TPSA) is 29.5 Å². The maximum absolute atomic E-state index is 12.8. The molecule has 184 valence electrons. The van der Waals surface area contributed by atoms with Gasteiger partial charge in [0.25, 0.3) is 0 Å². The van der Waals surface area contributed by atoms with Gasteiger partial charge in [-0.25, -0.2) is 0 Å². The van der Waals surface area contributed by atoms with E-state index in [-0.39, 0.29) is 23.4 Å². The summed E-state index contributed by atoms with van der Waals surface area (Å²) in [4.78, 5) is 15.3. The molecule has 1 fully saturated rings. The Balaban J connectivity index is 1.25. The molecule has 0 radical (unpaired) electrons. The molecule has 3 aromatic rings. The van der Waals surface area contributed by atoms with Crippen LogP contribution in [0.1, 0.15) is 79.6 Å². The predicted molar refractivity (Wildman–Crippen MR) is 144 cm³/mol. The van der Waals surface area contributed by atoms with E-state index in [1.54, 1.807) is 0 Å². The molecule has 3 nitrogen and oxygen atoms in total. The van der Waals surface area contributed by atoms with E-state index in [0.29, 0.717) is 6.42 Å². The van der Waals surface area contributed by atoms with Crippen molar-refractivity contribution in [1.82, 2.24) is 4.90 Å². The third kappa shape index (κ3) is 7.13. The molecule has 0 N–H and O–H groups in total. The molecular formula is C32H39NO2. The summed E-state index contributed by atoms with van der Waals surface area (Å²) < 4.78 is 6.67. The van der Waals surface area contributed by atoms with Crippen LogP contribution in [0, 0.1) is 0 Å². The van der Waals surface area contributed by atoms with Crippen LogP contribution in [0.15, 0.2) is 84.9 Å². The van der Waals surface area contributed by atoms with Gasteiger partial charge in [-0.15, -0.1) is 0 Å². The molecule has 0 aliphatic carbocycles. The first-order chi connectivity index (χ1) is 16.9. The molecule has 4 rings (SSSR count). The van der Waals surface area contributed by atoms with Gasteiger partial charge in [-0.05, 0) is 54.0 Å². The second-order valence-corrected chi connectivity index (χ2v) is 10.7. The smallest absolute Gasteiger partial charge is 0.162 e. The zero-order valence-electron chi connectivity index (χ0n) is 21.5. The van der Waals surface area contributed by atoms with Crippen LogP contribution in [0.4, 0.5) is 0 Å². The molecular weight excluding hydrogens is 430 g/mol. The monoisotopic (exact) mass is 469 g/mol. The SMILES string of the molecule is CC(C)(C)c1cccc(C(=O)CCCN2CCC(OC(c3ccccc3)c3ccccc3)CC2)c1. The van der Waals surface area contributed by atoms with Crippen molar-refractivity contribution in [2.75, 3.05) is 19.6 Å². The summed E-state index contributed by atoms with van der Waals surface area (Å²) in [5, 5.41) is 0. The lowest BCUT2D eigenvalue weighted by molar-refractivity contribution is -0.0270. The molecule has 0 spiro atoms. The first kappa shape index (κ1) is 25.3. The molecule has 1 aliphatic heterocycles. The van der Waals surface area contributed by atoms with E-state index in [1.807, 2.05) is 12.1 Å². The van der Waals surface area contributed by atoms with E-state index in [0.717, 1.165) is 44.5 Å². The Kier molecular flexibility index (Phi) is 8.54. The van der Waals surface area contributed by atoms with Crippen LogP contribution >= 0.6 is 0 Å². The Bertz CT molecular complexity index is 1020. The normalized spacial score (nSPS) is 15.4. The Hall–Kier alpha value is -2.75. The van der Waals surface area contributed by atoms with E-state index >= 15 is 0 Å². The van der Waals surface area contributed by atoms with Gasteiger partial charge in [-0.3, -0.25) is 4.79 Å². The average molecular weight is 470 g/mol. The van der Waals surface area contributed by atoms with Crippen molar-refractivity contribution >= 4 is 5.78 Å². The zero-order chi connectivity index (χ0) is 24.7. The maximum Gasteiger partial charge on any atom is 0.162 e. The largest absolute Gasteiger partial charge is 0.365 e. The molecule has 3 heteroatoms. The summed E-state index contributed by atoms with van der Waals surface area (Å²) in [6, 6.07) is 29.2. The highest BCUT2D eigenvalue weighted by atomic mass is 16.5. The van der Waals surface area contributed by atoms with Gasteiger partial charge < -0.3 is 9.64 Å². The van der Waals surface area contributed by atoms with Gasteiger partial charge in [-0.1, -0.05) is 99.6 Å². The highest BCUT2D eigenvalue weighted by molar-refractivity contribution is 5.96. The molecule has 0 unspecified atom stereocenters. The van der Waals surface area contributed by atoms with Gasteiger partial charge in [-0.2, -0.15) is 0 Å². The molecule has 0 atom stereocenters. The molecule has 0 saturated carbocycles. The molecule has 1 heterocycles. The van der Waals surface area contributed by atoms with Crippen molar-refractivity contribution in [3.8, 4) is 0 Å². The maximum atomic E-state index is 12.8. The predicted octanol–water partition coefficient (Wildman–Crippen LogP) is 7.22. The fourth-order valence-electron chi connectivity index (χ4n) is 4.83. The summed E-state index contributed by atoms with van der Waals surface area (Å²) in [6.07, 6.45) is 3.78. The highest BCUT2D eigenvalue weighted by Gasteiger charge is 2.25. The van der Waals surface area contributed by atoms with E-state index in [2.05, 4.69) is 98.5 Å². The number of carbonyl (C=O) groups excluding carboxylic acids is 1. The van der Waals surface area contributed by atoms with Gasteiger partial charge in [0, 0.05) is 25.1 Å². The lowest BCUT2D eigenvalue weighted by atomic mass is 9.85. The summed E-state index contributed by atoms with van der Waals surface area (Å²) in [7, 11) is 0. The van der Waals surface area contributed by atoms with Crippen LogP contribution in [0.25, 0.3) is 0 Å². The third-order valence-electron chi connectivity index (χ3n) is 7.00. The zero-order valence-corrected chi connectivity index (χ0v) is 21.5. The fraction of sp³-hybridized carbons (Fsp3) is 0.406. The van der Waals surface area contributed by atoms with Crippen molar-refractivity contribution in [2.45, 2.75) is 64.1 Å². The summed E-state index contributed by atoms with van der Waals surface area (Å²) >= 11 is 0. The molecule has 0 aromatic heterocycles. The summed E-state index contributed by atoms with van der Waals surface area (Å²) in [6.45, 7) is 9.57. The highest BCUT2D eigenvalue weighted by Crippen LogP contribution is 2.30. The minimum Gasteiger partial charge on any atom is -0.365 e. The van der Waals surface area contributed by atoms with Crippen molar-refractivity contribution in [3.05, 3.63) is 107 Å². The van der Waals surface area contributed by atoms with E-state index in [4.69, 9.17) is 4.74 Å². The second kappa shape index (κ2) is 11.8. The average Bonchev–Trinajstić information content (AvgIpc) is 2.88. The number of benzene rings is 3. The number of ether oxygens (including phenoxy) is 1. The minimum absolute atomic E-state index is 0.0320. The molecule has 1 saturated heterocycles. The Morgan fingerprint density at radius 1 is 0.886 bits per heavy atom. The van der Waals surface area contributed by atoms with Gasteiger partial charge in [0.05, 0.1) is 6.10 Å². The Morgan fingerprint density at radius 3 is 2.06 bits per heavy atom. The molecule has 0 amide bonds. The standard InChI is InChI=1S/C32H39NO2/c1-32(2,3)28-17-10-16-27(24-28)30(34)18-11-21-33-22-19-29(20-23-33)35-31(25-12-6-4-7-13-25)26-14-8-5-9-15-26/h4-10,12-17,24,29,31H,11,18-23H2,1-3H3. The molecule has 3 aromatic carbocycles. The van der Waals surface area contributed by atoms with Crippen LogP contribution in [-0.4, -0.2) is 36.4 Å². The van der Waals surface area contributed by atoms with Crippen LogP contribution in [-0.2, 0) is 10.2 Å². The number of Topliss-reactive ketones (excluding diaryl/α,β-unsaturated/α-hetero) is 1. The number of ketones is 1. The van der Waals surface area contributed by atoms with Crippen LogP contribution in [0.2, 0.25) is 0 Å². The Labute approximate surface area is 211 Å². The quantitative estimate of drug-likeness (QED) is 0.310. The van der Waals surface area contributed by atoms with Crippen molar-refractivity contribution < 1.29 is 9.53 Å². The minimum atomic E-state index is -0.0320. The summed E-state index contributed by atoms with van der Waals surface area (Å²) in [5.74, 6) is 0.253. The van der Waals surface area contributed by atoms with Gasteiger partial charge in [0.15, 0.2) is 5.78 Å². The van der Waals surface area contributed by atoms with Crippen LogP contribution in [0.5, 0.6) is 0 Å². The number of likely N-dealkylation sites (tertiary alicyclic amines) is 1. The number of carbonyl (C=O) groups is 1. The van der Waals surface area contributed by atoms with E-state index in [9.17, 15) is 4.79 Å². The summed E-state index contributed by atoms with van der Waals surface area (Å²) in [5.41, 5.74) is 4.53. The number of hydrogen-bond acceptors (Lipinski definition) is 3. The Morgan fingerprint density at radius 2 is 1.49 bits per heavy atom. The van der Waals surface area contributed by atoms with Crippen LogP contribution < -0.4 is 0 Å². The first-order valence-corrected chi connectivity index (χ1v) is 13.0. The number of rotatable bonds is 9. The van der Waals surface area contributed by atoms with Gasteiger partial charge in [0.1, 0.15) is 6.10 Å². The van der Waals surface area contributed by atoms with E-state index in [1.165, 1.54) is 16.7 Å². The molecule has 0 bridgehead atoms.